The average Bonchev–Trinajstić information content (AvgIpc) is 2.54. The van der Waals surface area contributed by atoms with E-state index in [0.717, 1.165) is 0 Å². The number of hydrogen-bond acceptors (Lipinski definition) is 4. The normalized spacial score (nSPS) is 24.8. The molecule has 2 N–H and O–H groups in total. The Morgan fingerprint density at radius 3 is 2.53 bits per heavy atom. The lowest BCUT2D eigenvalue weighted by molar-refractivity contribution is -0.123. The van der Waals surface area contributed by atoms with Crippen molar-refractivity contribution in [3.8, 4) is 0 Å². The van der Waals surface area contributed by atoms with Gasteiger partial charge in [-0.25, -0.2) is 8.42 Å². The van der Waals surface area contributed by atoms with Gasteiger partial charge in [-0.1, -0.05) is 13.8 Å². The molecule has 0 aromatic rings. The topological polar surface area (TPSA) is 83.5 Å². The van der Waals surface area contributed by atoms with Crippen LogP contribution in [0.4, 0.5) is 0 Å². The lowest BCUT2D eigenvalue weighted by atomic mass is 10.0. The standard InChI is InChI=1S/C11H21NO4S/c1-8(2)10(6-13)12-11(14)5-9-3-4-17(15,16)7-9/h8-10,13H,3-7H2,1-2H3,(H,12,14). The summed E-state index contributed by atoms with van der Waals surface area (Å²) in [6, 6.07) is -0.250. The summed E-state index contributed by atoms with van der Waals surface area (Å²) < 4.78 is 22.5. The van der Waals surface area contributed by atoms with Gasteiger partial charge < -0.3 is 10.4 Å². The minimum Gasteiger partial charge on any atom is -0.394 e. The quantitative estimate of drug-likeness (QED) is 0.728. The number of aliphatic hydroxyl groups excluding tert-OH is 1. The number of aliphatic hydroxyl groups is 1. The number of nitrogens with one attached hydrogen (secondary N) is 1. The highest BCUT2D eigenvalue weighted by Gasteiger charge is 2.29. The van der Waals surface area contributed by atoms with Gasteiger partial charge in [0.15, 0.2) is 9.84 Å². The molecule has 1 aliphatic rings. The first-order valence-corrected chi connectivity index (χ1v) is 7.77. The van der Waals surface area contributed by atoms with Crippen LogP contribution >= 0.6 is 0 Å². The maximum Gasteiger partial charge on any atom is 0.220 e. The lowest BCUT2D eigenvalue weighted by Gasteiger charge is -2.20. The van der Waals surface area contributed by atoms with E-state index in [4.69, 9.17) is 5.11 Å². The summed E-state index contributed by atoms with van der Waals surface area (Å²) in [5.41, 5.74) is 0. The molecule has 100 valence electrons. The van der Waals surface area contributed by atoms with Gasteiger partial charge in [0.05, 0.1) is 24.2 Å². The lowest BCUT2D eigenvalue weighted by Crippen LogP contribution is -2.41. The molecule has 0 aromatic carbocycles. The number of amides is 1. The fourth-order valence-electron chi connectivity index (χ4n) is 1.98. The van der Waals surface area contributed by atoms with E-state index >= 15 is 0 Å². The van der Waals surface area contributed by atoms with Gasteiger partial charge in [-0.15, -0.1) is 0 Å². The molecular weight excluding hydrogens is 242 g/mol. The molecule has 1 amide bonds. The van der Waals surface area contributed by atoms with Crippen LogP contribution < -0.4 is 5.32 Å². The molecule has 0 radical (unpaired) electrons. The first kappa shape index (κ1) is 14.4. The minimum absolute atomic E-state index is 0.0634. The van der Waals surface area contributed by atoms with Gasteiger partial charge in [-0.3, -0.25) is 4.79 Å². The smallest absolute Gasteiger partial charge is 0.220 e. The van der Waals surface area contributed by atoms with Crippen LogP contribution in [0, 0.1) is 11.8 Å². The molecule has 2 unspecified atom stereocenters. The second-order valence-corrected chi connectivity index (χ2v) is 7.30. The molecule has 17 heavy (non-hydrogen) atoms. The first-order valence-electron chi connectivity index (χ1n) is 5.94. The van der Waals surface area contributed by atoms with Crippen molar-refractivity contribution >= 4 is 15.7 Å². The number of hydrogen-bond donors (Lipinski definition) is 2. The third kappa shape index (κ3) is 4.63. The van der Waals surface area contributed by atoms with Crippen LogP contribution in [0.5, 0.6) is 0 Å². The van der Waals surface area contributed by atoms with Gasteiger partial charge in [0.2, 0.25) is 5.91 Å². The summed E-state index contributed by atoms with van der Waals surface area (Å²) in [4.78, 5) is 11.7. The second kappa shape index (κ2) is 5.82. The summed E-state index contributed by atoms with van der Waals surface area (Å²) in [5.74, 6) is 0.243. The fourth-order valence-corrected chi connectivity index (χ4v) is 3.85. The summed E-state index contributed by atoms with van der Waals surface area (Å²) in [6.45, 7) is 3.74. The predicted molar refractivity (Wildman–Crippen MR) is 65.2 cm³/mol. The van der Waals surface area contributed by atoms with E-state index in [2.05, 4.69) is 5.32 Å². The van der Waals surface area contributed by atoms with Crippen LogP contribution in [0.15, 0.2) is 0 Å². The highest BCUT2D eigenvalue weighted by atomic mass is 32.2. The second-order valence-electron chi connectivity index (χ2n) is 5.07. The van der Waals surface area contributed by atoms with Crippen LogP contribution in [-0.4, -0.2) is 43.6 Å². The third-order valence-electron chi connectivity index (χ3n) is 3.15. The zero-order valence-corrected chi connectivity index (χ0v) is 11.2. The number of rotatable bonds is 5. The monoisotopic (exact) mass is 263 g/mol. The first-order chi connectivity index (χ1) is 7.84. The van der Waals surface area contributed by atoms with E-state index in [0.29, 0.717) is 6.42 Å². The highest BCUT2D eigenvalue weighted by molar-refractivity contribution is 7.91. The average molecular weight is 263 g/mol. The molecule has 0 bridgehead atoms. The maximum absolute atomic E-state index is 11.7. The van der Waals surface area contributed by atoms with Crippen LogP contribution in [0.25, 0.3) is 0 Å². The Kier molecular flexibility index (Phi) is 4.94. The van der Waals surface area contributed by atoms with Crippen molar-refractivity contribution in [1.29, 1.82) is 0 Å². The van der Waals surface area contributed by atoms with Crippen molar-refractivity contribution in [2.45, 2.75) is 32.7 Å². The van der Waals surface area contributed by atoms with Crippen LogP contribution in [0.2, 0.25) is 0 Å². The van der Waals surface area contributed by atoms with Gasteiger partial charge in [0, 0.05) is 6.42 Å². The summed E-state index contributed by atoms with van der Waals surface area (Å²) in [7, 11) is -2.92. The van der Waals surface area contributed by atoms with Crippen molar-refractivity contribution in [1.82, 2.24) is 5.32 Å². The van der Waals surface area contributed by atoms with Crippen molar-refractivity contribution in [3.63, 3.8) is 0 Å². The summed E-state index contributed by atoms with van der Waals surface area (Å²) >= 11 is 0. The van der Waals surface area contributed by atoms with Crippen LogP contribution in [0.3, 0.4) is 0 Å². The van der Waals surface area contributed by atoms with Gasteiger partial charge in [-0.2, -0.15) is 0 Å². The van der Waals surface area contributed by atoms with E-state index in [1.807, 2.05) is 13.8 Å². The molecule has 6 heteroatoms. The molecule has 0 aromatic heterocycles. The zero-order valence-electron chi connectivity index (χ0n) is 10.3. The predicted octanol–water partition coefficient (Wildman–Crippen LogP) is -0.0557. The highest BCUT2D eigenvalue weighted by Crippen LogP contribution is 2.21. The largest absolute Gasteiger partial charge is 0.394 e. The van der Waals surface area contributed by atoms with E-state index in [-0.39, 0.29) is 48.3 Å². The Morgan fingerprint density at radius 2 is 2.12 bits per heavy atom. The van der Waals surface area contributed by atoms with Gasteiger partial charge in [-0.05, 0) is 18.3 Å². The SMILES string of the molecule is CC(C)C(CO)NC(=O)CC1CCS(=O)(=O)C1. The molecule has 2 atom stereocenters. The van der Waals surface area contributed by atoms with Crippen LogP contribution in [0.1, 0.15) is 26.7 Å². The number of carbonyl (C=O) groups is 1. The molecule has 0 saturated carbocycles. The van der Waals surface area contributed by atoms with Gasteiger partial charge in [0.25, 0.3) is 0 Å². The molecule has 1 heterocycles. The zero-order chi connectivity index (χ0) is 13.1. The van der Waals surface area contributed by atoms with Crippen molar-refractivity contribution < 1.29 is 18.3 Å². The van der Waals surface area contributed by atoms with E-state index in [1.54, 1.807) is 0 Å². The number of sulfone groups is 1. The Morgan fingerprint density at radius 1 is 1.47 bits per heavy atom. The molecular formula is C11H21NO4S. The van der Waals surface area contributed by atoms with Crippen molar-refractivity contribution in [2.24, 2.45) is 11.8 Å². The fraction of sp³-hybridized carbons (Fsp3) is 0.909. The Balaban J connectivity index is 2.40. The van der Waals surface area contributed by atoms with Crippen LogP contribution in [-0.2, 0) is 14.6 Å². The minimum atomic E-state index is -2.92. The van der Waals surface area contributed by atoms with Gasteiger partial charge in [0.1, 0.15) is 0 Å². The Labute approximate surface area is 103 Å². The number of carbonyl (C=O) groups excluding carboxylic acids is 1. The summed E-state index contributed by atoms with van der Waals surface area (Å²) in [5, 5.41) is 11.8. The Bertz CT molecular complexity index is 364. The summed E-state index contributed by atoms with van der Waals surface area (Å²) in [6.07, 6.45) is 0.809. The van der Waals surface area contributed by atoms with E-state index < -0.39 is 9.84 Å². The van der Waals surface area contributed by atoms with Gasteiger partial charge >= 0.3 is 0 Å². The molecule has 5 nitrogen and oxygen atoms in total. The molecule has 1 rings (SSSR count). The Hall–Kier alpha value is -0.620. The van der Waals surface area contributed by atoms with Crippen molar-refractivity contribution in [2.75, 3.05) is 18.1 Å². The maximum atomic E-state index is 11.7. The molecule has 0 aliphatic carbocycles. The molecule has 1 fully saturated rings. The molecule has 0 spiro atoms. The molecule has 1 aliphatic heterocycles. The van der Waals surface area contributed by atoms with E-state index in [9.17, 15) is 13.2 Å². The van der Waals surface area contributed by atoms with E-state index in [1.165, 1.54) is 0 Å². The molecule has 1 saturated heterocycles. The van der Waals surface area contributed by atoms with Crippen molar-refractivity contribution in [3.05, 3.63) is 0 Å². The third-order valence-corrected chi connectivity index (χ3v) is 4.99.